The van der Waals surface area contributed by atoms with Gasteiger partial charge in [0.1, 0.15) is 5.69 Å². The van der Waals surface area contributed by atoms with Gasteiger partial charge in [0.05, 0.1) is 11.1 Å². The Morgan fingerprint density at radius 3 is 2.90 bits per heavy atom. The van der Waals surface area contributed by atoms with Gasteiger partial charge in [-0.2, -0.15) is 0 Å². The van der Waals surface area contributed by atoms with Crippen LogP contribution >= 0.6 is 15.9 Å². The van der Waals surface area contributed by atoms with Crippen molar-refractivity contribution in [3.05, 3.63) is 57.4 Å². The first-order valence-corrected chi connectivity index (χ1v) is 6.64. The van der Waals surface area contributed by atoms with Crippen molar-refractivity contribution in [2.75, 3.05) is 5.73 Å². The minimum atomic E-state index is -0.145. The van der Waals surface area contributed by atoms with Crippen LogP contribution in [0.5, 0.6) is 0 Å². The van der Waals surface area contributed by atoms with Gasteiger partial charge < -0.3 is 15.2 Å². The molecule has 0 aliphatic carbocycles. The molecule has 3 N–H and O–H groups in total. The Morgan fingerprint density at radius 1 is 1.30 bits per heavy atom. The van der Waals surface area contributed by atoms with E-state index in [0.717, 1.165) is 10.0 Å². The topological polar surface area (TPSA) is 84.9 Å². The number of aromatic nitrogens is 2. The van der Waals surface area contributed by atoms with Gasteiger partial charge in [-0.1, -0.05) is 33.2 Å². The van der Waals surface area contributed by atoms with Gasteiger partial charge in [-0.3, -0.25) is 4.79 Å². The number of nitrogen functional groups attached to an aromatic ring is 1. The second kappa shape index (κ2) is 4.97. The molecule has 5 nitrogen and oxygen atoms in total. The van der Waals surface area contributed by atoms with Crippen LogP contribution in [0.4, 0.5) is 5.88 Å². The van der Waals surface area contributed by atoms with Crippen LogP contribution in [0.1, 0.15) is 0 Å². The standard InChI is InChI=1S/C14H10BrN3O2/c15-9-3-1-2-8(6-9)12-13(18-20-14(12)16)10-7-17-5-4-11(10)19/h1-7H,16H2,(H,17,19). The fraction of sp³-hybridized carbons (Fsp3) is 0. The zero-order chi connectivity index (χ0) is 14.1. The highest BCUT2D eigenvalue weighted by atomic mass is 79.9. The summed E-state index contributed by atoms with van der Waals surface area (Å²) in [5, 5.41) is 3.92. The number of anilines is 1. The first kappa shape index (κ1) is 12.7. The zero-order valence-electron chi connectivity index (χ0n) is 10.3. The molecule has 0 radical (unpaired) electrons. The highest BCUT2D eigenvalue weighted by molar-refractivity contribution is 9.10. The highest BCUT2D eigenvalue weighted by Crippen LogP contribution is 2.35. The molecule has 0 unspecified atom stereocenters. The van der Waals surface area contributed by atoms with E-state index in [1.165, 1.54) is 6.07 Å². The van der Waals surface area contributed by atoms with E-state index in [4.69, 9.17) is 10.3 Å². The van der Waals surface area contributed by atoms with E-state index in [0.29, 0.717) is 16.8 Å². The van der Waals surface area contributed by atoms with Gasteiger partial charge in [0, 0.05) is 22.9 Å². The Kier molecular flexibility index (Phi) is 3.15. The Hall–Kier alpha value is -2.34. The summed E-state index contributed by atoms with van der Waals surface area (Å²) in [6.45, 7) is 0. The third kappa shape index (κ3) is 2.14. The molecule has 2 heterocycles. The molecule has 20 heavy (non-hydrogen) atoms. The maximum absolute atomic E-state index is 11.9. The molecule has 100 valence electrons. The smallest absolute Gasteiger partial charge is 0.230 e. The van der Waals surface area contributed by atoms with Crippen molar-refractivity contribution in [3.8, 4) is 22.4 Å². The van der Waals surface area contributed by atoms with E-state index in [9.17, 15) is 4.79 Å². The molecule has 6 heteroatoms. The monoisotopic (exact) mass is 331 g/mol. The lowest BCUT2D eigenvalue weighted by molar-refractivity contribution is 0.439. The normalized spacial score (nSPS) is 10.7. The molecule has 0 saturated heterocycles. The molecule has 3 aromatic rings. The largest absolute Gasteiger partial charge is 0.367 e. The third-order valence-electron chi connectivity index (χ3n) is 2.91. The molecule has 1 aromatic carbocycles. The Balaban J connectivity index is 2.26. The fourth-order valence-corrected chi connectivity index (χ4v) is 2.41. The summed E-state index contributed by atoms with van der Waals surface area (Å²) in [4.78, 5) is 14.8. The van der Waals surface area contributed by atoms with Crippen LogP contribution in [0.15, 0.2) is 56.5 Å². The molecule has 0 fully saturated rings. The summed E-state index contributed by atoms with van der Waals surface area (Å²) in [5.41, 5.74) is 8.01. The lowest BCUT2D eigenvalue weighted by Crippen LogP contribution is -2.03. The molecule has 0 aliphatic heterocycles. The average Bonchev–Trinajstić information content (AvgIpc) is 2.81. The summed E-state index contributed by atoms with van der Waals surface area (Å²) in [5.74, 6) is 0.182. The Morgan fingerprint density at radius 2 is 2.15 bits per heavy atom. The molecule has 0 amide bonds. The number of rotatable bonds is 2. The lowest BCUT2D eigenvalue weighted by Gasteiger charge is -2.02. The van der Waals surface area contributed by atoms with Gasteiger partial charge in [-0.25, -0.2) is 0 Å². The Labute approximate surface area is 122 Å². The van der Waals surface area contributed by atoms with Crippen LogP contribution in [0.2, 0.25) is 0 Å². The number of nitrogens with zero attached hydrogens (tertiary/aromatic N) is 1. The highest BCUT2D eigenvalue weighted by Gasteiger charge is 2.19. The number of H-pyrrole nitrogens is 1. The van der Waals surface area contributed by atoms with Crippen LogP contribution in [0.25, 0.3) is 22.4 Å². The third-order valence-corrected chi connectivity index (χ3v) is 3.40. The van der Waals surface area contributed by atoms with Crippen LogP contribution in [-0.2, 0) is 0 Å². The van der Waals surface area contributed by atoms with E-state index in [2.05, 4.69) is 26.1 Å². The van der Waals surface area contributed by atoms with Gasteiger partial charge in [0.25, 0.3) is 0 Å². The van der Waals surface area contributed by atoms with Crippen molar-refractivity contribution < 1.29 is 4.52 Å². The van der Waals surface area contributed by atoms with E-state index in [-0.39, 0.29) is 11.3 Å². The van der Waals surface area contributed by atoms with Crippen molar-refractivity contribution in [3.63, 3.8) is 0 Å². The number of pyridine rings is 1. The second-order valence-corrected chi connectivity index (χ2v) is 5.12. The predicted molar refractivity (Wildman–Crippen MR) is 80.1 cm³/mol. The summed E-state index contributed by atoms with van der Waals surface area (Å²) in [7, 11) is 0. The van der Waals surface area contributed by atoms with E-state index in [1.54, 1.807) is 12.4 Å². The van der Waals surface area contributed by atoms with Gasteiger partial charge in [-0.05, 0) is 17.7 Å². The van der Waals surface area contributed by atoms with Crippen molar-refractivity contribution in [1.82, 2.24) is 10.1 Å². The van der Waals surface area contributed by atoms with Crippen molar-refractivity contribution in [2.24, 2.45) is 0 Å². The first-order chi connectivity index (χ1) is 9.66. The molecule has 2 aromatic heterocycles. The lowest BCUT2D eigenvalue weighted by atomic mass is 10.0. The molecule has 0 atom stereocenters. The molecule has 0 bridgehead atoms. The summed E-state index contributed by atoms with van der Waals surface area (Å²) in [6, 6.07) is 9.00. The first-order valence-electron chi connectivity index (χ1n) is 5.85. The zero-order valence-corrected chi connectivity index (χ0v) is 11.8. The van der Waals surface area contributed by atoms with Crippen LogP contribution in [0, 0.1) is 0 Å². The van der Waals surface area contributed by atoms with Gasteiger partial charge in [-0.15, -0.1) is 0 Å². The number of hydrogen-bond donors (Lipinski definition) is 2. The quantitative estimate of drug-likeness (QED) is 0.755. The predicted octanol–water partition coefficient (Wildman–Crippen LogP) is 3.04. The van der Waals surface area contributed by atoms with Crippen LogP contribution in [0.3, 0.4) is 0 Å². The second-order valence-electron chi connectivity index (χ2n) is 4.20. The van der Waals surface area contributed by atoms with Gasteiger partial charge in [0.15, 0.2) is 5.43 Å². The fourth-order valence-electron chi connectivity index (χ4n) is 2.01. The van der Waals surface area contributed by atoms with Crippen molar-refractivity contribution >= 4 is 21.8 Å². The summed E-state index contributed by atoms with van der Waals surface area (Å²) < 4.78 is 5.97. The number of hydrogen-bond acceptors (Lipinski definition) is 4. The number of nitrogens with two attached hydrogens (primary N) is 1. The van der Waals surface area contributed by atoms with E-state index >= 15 is 0 Å². The number of halogens is 1. The molecule has 0 spiro atoms. The van der Waals surface area contributed by atoms with Crippen LogP contribution < -0.4 is 11.2 Å². The van der Waals surface area contributed by atoms with Crippen molar-refractivity contribution in [1.29, 1.82) is 0 Å². The Bertz CT molecular complexity index is 823. The minimum Gasteiger partial charge on any atom is -0.367 e. The SMILES string of the molecule is Nc1onc(-c2c[nH]ccc2=O)c1-c1cccc(Br)c1. The number of nitrogens with one attached hydrogen (secondary N) is 1. The molecular formula is C14H10BrN3O2. The maximum atomic E-state index is 11.9. The number of benzene rings is 1. The van der Waals surface area contributed by atoms with E-state index < -0.39 is 0 Å². The minimum absolute atomic E-state index is 0.145. The van der Waals surface area contributed by atoms with Gasteiger partial charge in [0.2, 0.25) is 5.88 Å². The van der Waals surface area contributed by atoms with E-state index in [1.807, 2.05) is 24.3 Å². The summed E-state index contributed by atoms with van der Waals surface area (Å²) in [6.07, 6.45) is 3.15. The van der Waals surface area contributed by atoms with Crippen molar-refractivity contribution in [2.45, 2.75) is 0 Å². The molecular weight excluding hydrogens is 322 g/mol. The maximum Gasteiger partial charge on any atom is 0.230 e. The molecule has 0 saturated carbocycles. The number of aromatic amines is 1. The molecule has 3 rings (SSSR count). The summed E-state index contributed by atoms with van der Waals surface area (Å²) >= 11 is 3.41. The van der Waals surface area contributed by atoms with Crippen LogP contribution in [-0.4, -0.2) is 10.1 Å². The van der Waals surface area contributed by atoms with Gasteiger partial charge >= 0.3 is 0 Å². The average molecular weight is 332 g/mol. The molecule has 0 aliphatic rings.